The third kappa shape index (κ3) is 3.18. The van der Waals surface area contributed by atoms with E-state index in [4.69, 9.17) is 23.2 Å². The molecule has 0 aliphatic carbocycles. The zero-order chi connectivity index (χ0) is 13.1. The first kappa shape index (κ1) is 13.3. The lowest BCUT2D eigenvalue weighted by molar-refractivity contribution is 1.10. The maximum atomic E-state index is 5.96. The van der Waals surface area contributed by atoms with E-state index in [1.807, 2.05) is 12.1 Å². The van der Waals surface area contributed by atoms with E-state index in [9.17, 15) is 0 Å². The molecule has 94 valence electrons. The number of aryl methyl sites for hydroxylation is 1. The Balaban J connectivity index is 2.14. The summed E-state index contributed by atoms with van der Waals surface area (Å²) in [6.45, 7) is 5.02. The summed E-state index contributed by atoms with van der Waals surface area (Å²) in [4.78, 5) is 0. The van der Waals surface area contributed by atoms with E-state index in [0.29, 0.717) is 10.0 Å². The molecular weight excluding hydrogens is 265 g/mol. The molecule has 0 radical (unpaired) electrons. The predicted octanol–water partition coefficient (Wildman–Crippen LogP) is 5.22. The van der Waals surface area contributed by atoms with E-state index in [-0.39, 0.29) is 0 Å². The highest BCUT2D eigenvalue weighted by atomic mass is 35.5. The number of rotatable bonds is 3. The summed E-state index contributed by atoms with van der Waals surface area (Å²) in [6, 6.07) is 11.8. The molecule has 0 aliphatic rings. The number of halogens is 2. The Labute approximate surface area is 118 Å². The maximum absolute atomic E-state index is 5.96. The highest BCUT2D eigenvalue weighted by Gasteiger charge is 2.02. The van der Waals surface area contributed by atoms with Gasteiger partial charge in [-0.25, -0.2) is 0 Å². The van der Waals surface area contributed by atoms with Crippen molar-refractivity contribution in [3.8, 4) is 0 Å². The summed E-state index contributed by atoms with van der Waals surface area (Å²) in [6.07, 6.45) is 0. The third-order valence-electron chi connectivity index (χ3n) is 3.06. The lowest BCUT2D eigenvalue weighted by atomic mass is 10.0. The fraction of sp³-hybridized carbons (Fsp3) is 0.200. The van der Waals surface area contributed by atoms with Gasteiger partial charge in [0, 0.05) is 22.3 Å². The Bertz CT molecular complexity index is 544. The Morgan fingerprint density at radius 2 is 1.67 bits per heavy atom. The van der Waals surface area contributed by atoms with E-state index in [0.717, 1.165) is 12.2 Å². The van der Waals surface area contributed by atoms with Crippen molar-refractivity contribution in [2.75, 3.05) is 5.32 Å². The molecule has 0 atom stereocenters. The first-order valence-corrected chi connectivity index (χ1v) is 6.57. The molecule has 0 aliphatic heterocycles. The zero-order valence-electron chi connectivity index (χ0n) is 10.4. The fourth-order valence-electron chi connectivity index (χ4n) is 1.86. The minimum Gasteiger partial charge on any atom is -0.381 e. The van der Waals surface area contributed by atoms with Crippen molar-refractivity contribution in [2.24, 2.45) is 0 Å². The summed E-state index contributed by atoms with van der Waals surface area (Å²) >= 11 is 11.9. The molecule has 0 bridgehead atoms. The van der Waals surface area contributed by atoms with Crippen molar-refractivity contribution >= 4 is 28.9 Å². The highest BCUT2D eigenvalue weighted by Crippen LogP contribution is 2.23. The van der Waals surface area contributed by atoms with Crippen LogP contribution in [0.25, 0.3) is 0 Å². The van der Waals surface area contributed by atoms with Gasteiger partial charge in [-0.2, -0.15) is 0 Å². The van der Waals surface area contributed by atoms with Gasteiger partial charge in [-0.05, 0) is 48.7 Å². The summed E-state index contributed by atoms with van der Waals surface area (Å²) in [5.74, 6) is 0. The second kappa shape index (κ2) is 5.64. The number of benzene rings is 2. The summed E-state index contributed by atoms with van der Waals surface area (Å²) in [5.41, 5.74) is 4.84. The second-order valence-corrected chi connectivity index (χ2v) is 5.24. The molecule has 0 saturated heterocycles. The Morgan fingerprint density at radius 3 is 2.33 bits per heavy atom. The van der Waals surface area contributed by atoms with E-state index < -0.39 is 0 Å². The fourth-order valence-corrected chi connectivity index (χ4v) is 2.38. The quantitative estimate of drug-likeness (QED) is 0.812. The van der Waals surface area contributed by atoms with Crippen molar-refractivity contribution in [1.29, 1.82) is 0 Å². The number of anilines is 1. The van der Waals surface area contributed by atoms with Crippen molar-refractivity contribution in [1.82, 2.24) is 0 Å². The number of nitrogens with one attached hydrogen (secondary N) is 1. The largest absolute Gasteiger partial charge is 0.381 e. The first-order valence-electron chi connectivity index (χ1n) is 5.81. The predicted molar refractivity (Wildman–Crippen MR) is 79.7 cm³/mol. The molecule has 0 heterocycles. The van der Waals surface area contributed by atoms with Crippen LogP contribution in [0.5, 0.6) is 0 Å². The van der Waals surface area contributed by atoms with Gasteiger partial charge in [-0.15, -0.1) is 0 Å². The van der Waals surface area contributed by atoms with Crippen molar-refractivity contribution < 1.29 is 0 Å². The minimum absolute atomic E-state index is 0.644. The molecule has 0 unspecified atom stereocenters. The molecule has 0 aromatic heterocycles. The molecule has 0 amide bonds. The Kier molecular flexibility index (Phi) is 4.15. The van der Waals surface area contributed by atoms with Crippen LogP contribution in [0.15, 0.2) is 36.4 Å². The molecule has 0 saturated carbocycles. The van der Waals surface area contributed by atoms with E-state index >= 15 is 0 Å². The van der Waals surface area contributed by atoms with Crippen LogP contribution in [0, 0.1) is 13.8 Å². The van der Waals surface area contributed by atoms with Crippen LogP contribution in [0.4, 0.5) is 5.69 Å². The molecule has 0 fully saturated rings. The van der Waals surface area contributed by atoms with Crippen LogP contribution in [0.3, 0.4) is 0 Å². The lowest BCUT2D eigenvalue weighted by Gasteiger charge is -2.11. The van der Waals surface area contributed by atoms with Gasteiger partial charge in [0.1, 0.15) is 0 Å². The van der Waals surface area contributed by atoms with Crippen LogP contribution in [-0.2, 0) is 6.54 Å². The molecular formula is C15H15Cl2N. The monoisotopic (exact) mass is 279 g/mol. The summed E-state index contributed by atoms with van der Waals surface area (Å²) < 4.78 is 0. The smallest absolute Gasteiger partial charge is 0.0441 e. The average Bonchev–Trinajstić information content (AvgIpc) is 2.30. The first-order chi connectivity index (χ1) is 8.56. The molecule has 3 heteroatoms. The van der Waals surface area contributed by atoms with Crippen LogP contribution in [0.1, 0.15) is 16.7 Å². The van der Waals surface area contributed by atoms with E-state index in [1.165, 1.54) is 16.7 Å². The van der Waals surface area contributed by atoms with E-state index in [1.54, 1.807) is 6.07 Å². The third-order valence-corrected chi connectivity index (χ3v) is 3.50. The molecule has 18 heavy (non-hydrogen) atoms. The number of hydrogen-bond acceptors (Lipinski definition) is 1. The average molecular weight is 280 g/mol. The molecule has 1 N–H and O–H groups in total. The van der Waals surface area contributed by atoms with Crippen LogP contribution < -0.4 is 5.32 Å². The van der Waals surface area contributed by atoms with Gasteiger partial charge in [0.2, 0.25) is 0 Å². The van der Waals surface area contributed by atoms with Crippen molar-refractivity contribution in [3.05, 3.63) is 63.1 Å². The van der Waals surface area contributed by atoms with Crippen LogP contribution in [-0.4, -0.2) is 0 Å². The summed E-state index contributed by atoms with van der Waals surface area (Å²) in [7, 11) is 0. The van der Waals surface area contributed by atoms with Gasteiger partial charge in [0.25, 0.3) is 0 Å². The zero-order valence-corrected chi connectivity index (χ0v) is 11.9. The highest BCUT2D eigenvalue weighted by molar-refractivity contribution is 6.35. The van der Waals surface area contributed by atoms with Gasteiger partial charge in [0.05, 0.1) is 0 Å². The minimum atomic E-state index is 0.644. The number of hydrogen-bond donors (Lipinski definition) is 1. The van der Waals surface area contributed by atoms with Crippen LogP contribution in [0.2, 0.25) is 10.0 Å². The molecule has 0 spiro atoms. The molecule has 1 nitrogen and oxygen atoms in total. The summed E-state index contributed by atoms with van der Waals surface area (Å²) in [5, 5.41) is 4.63. The topological polar surface area (TPSA) is 12.0 Å². The van der Waals surface area contributed by atoms with Gasteiger partial charge >= 0.3 is 0 Å². The molecule has 2 aromatic carbocycles. The van der Waals surface area contributed by atoms with Gasteiger partial charge in [-0.3, -0.25) is 0 Å². The maximum Gasteiger partial charge on any atom is 0.0441 e. The normalized spacial score (nSPS) is 10.4. The van der Waals surface area contributed by atoms with Gasteiger partial charge in [0.15, 0.2) is 0 Å². The van der Waals surface area contributed by atoms with Gasteiger partial charge in [-0.1, -0.05) is 41.4 Å². The van der Waals surface area contributed by atoms with Crippen molar-refractivity contribution in [2.45, 2.75) is 20.4 Å². The van der Waals surface area contributed by atoms with Crippen LogP contribution >= 0.6 is 23.2 Å². The Hall–Kier alpha value is -1.18. The SMILES string of the molecule is Cc1cccc(CNc2cc(Cl)cc(Cl)c2)c1C. The van der Waals surface area contributed by atoms with Gasteiger partial charge < -0.3 is 5.32 Å². The molecule has 2 aromatic rings. The standard InChI is InChI=1S/C15H15Cl2N/c1-10-4-3-5-12(11(10)2)9-18-15-7-13(16)6-14(17)8-15/h3-8,18H,9H2,1-2H3. The Morgan fingerprint density at radius 1 is 1.00 bits per heavy atom. The van der Waals surface area contributed by atoms with Crippen molar-refractivity contribution in [3.63, 3.8) is 0 Å². The second-order valence-electron chi connectivity index (χ2n) is 4.37. The van der Waals surface area contributed by atoms with E-state index in [2.05, 4.69) is 37.4 Å². The molecule has 2 rings (SSSR count). The lowest BCUT2D eigenvalue weighted by Crippen LogP contribution is -2.02.